The highest BCUT2D eigenvalue weighted by atomic mass is 35.5. The Hall–Kier alpha value is -1.22. The van der Waals surface area contributed by atoms with Crippen LogP contribution < -0.4 is 10.1 Å². The number of hydrogen-bond donors (Lipinski definition) is 1. The lowest BCUT2D eigenvalue weighted by molar-refractivity contribution is -0.119. The minimum absolute atomic E-state index is 0.121. The first-order valence-corrected chi connectivity index (χ1v) is 5.69. The van der Waals surface area contributed by atoms with Gasteiger partial charge in [0, 0.05) is 23.0 Å². The van der Waals surface area contributed by atoms with Gasteiger partial charge in [-0.1, -0.05) is 17.7 Å². The second-order valence-electron chi connectivity index (χ2n) is 3.93. The summed E-state index contributed by atoms with van der Waals surface area (Å²) in [7, 11) is 1.63. The highest BCUT2D eigenvalue weighted by molar-refractivity contribution is 6.31. The van der Waals surface area contributed by atoms with Crippen LogP contribution in [0.3, 0.4) is 0 Å². The van der Waals surface area contributed by atoms with E-state index in [0.29, 0.717) is 11.4 Å². The van der Waals surface area contributed by atoms with E-state index in [0.717, 1.165) is 24.2 Å². The fourth-order valence-corrected chi connectivity index (χ4v) is 2.25. The molecule has 0 spiro atoms. The van der Waals surface area contributed by atoms with Gasteiger partial charge >= 0.3 is 0 Å². The highest BCUT2D eigenvalue weighted by Gasteiger charge is 2.23. The first kappa shape index (κ1) is 11.3. The molecule has 0 bridgehead atoms. The fourth-order valence-electron chi connectivity index (χ4n) is 2.01. The summed E-state index contributed by atoms with van der Waals surface area (Å²) in [5.41, 5.74) is 0.971. The molecule has 0 radical (unpaired) electrons. The molecule has 0 saturated carbocycles. The van der Waals surface area contributed by atoms with Crippen LogP contribution in [0.1, 0.15) is 18.4 Å². The zero-order valence-electron chi connectivity index (χ0n) is 9.13. The van der Waals surface area contributed by atoms with Crippen LogP contribution in [0.15, 0.2) is 18.2 Å². The van der Waals surface area contributed by atoms with Crippen molar-refractivity contribution >= 4 is 17.5 Å². The van der Waals surface area contributed by atoms with Gasteiger partial charge in [-0.05, 0) is 25.0 Å². The molecule has 2 rings (SSSR count). The van der Waals surface area contributed by atoms with E-state index in [1.54, 1.807) is 7.11 Å². The maximum Gasteiger partial charge on any atom is 0.220 e. The number of carbonyl (C=O) groups is 1. The molecule has 1 heterocycles. The lowest BCUT2D eigenvalue weighted by Gasteiger charge is -2.14. The van der Waals surface area contributed by atoms with Crippen LogP contribution in [-0.2, 0) is 11.2 Å². The summed E-state index contributed by atoms with van der Waals surface area (Å²) in [5.74, 6) is 0.907. The lowest BCUT2D eigenvalue weighted by atomic mass is 10.0. The third-order valence-electron chi connectivity index (χ3n) is 2.83. The summed E-state index contributed by atoms with van der Waals surface area (Å²) in [6, 6.07) is 5.77. The Labute approximate surface area is 99.7 Å². The molecule has 86 valence electrons. The molecule has 1 aromatic rings. The Bertz CT molecular complexity index is 406. The van der Waals surface area contributed by atoms with Crippen molar-refractivity contribution in [3.05, 3.63) is 28.8 Å². The smallest absolute Gasteiger partial charge is 0.220 e. The van der Waals surface area contributed by atoms with Gasteiger partial charge < -0.3 is 10.1 Å². The average molecular weight is 240 g/mol. The van der Waals surface area contributed by atoms with Gasteiger partial charge in [0.05, 0.1) is 7.11 Å². The van der Waals surface area contributed by atoms with Crippen molar-refractivity contribution in [2.75, 3.05) is 7.11 Å². The molecule has 1 unspecified atom stereocenters. The second kappa shape index (κ2) is 4.74. The third kappa shape index (κ3) is 2.30. The van der Waals surface area contributed by atoms with Crippen molar-refractivity contribution in [2.45, 2.75) is 25.3 Å². The summed E-state index contributed by atoms with van der Waals surface area (Å²) in [4.78, 5) is 11.1. The molecule has 3 nitrogen and oxygen atoms in total. The molecule has 4 heteroatoms. The van der Waals surface area contributed by atoms with Crippen molar-refractivity contribution in [3.8, 4) is 5.75 Å². The molecular weight excluding hydrogens is 226 g/mol. The molecule has 1 fully saturated rings. The first-order chi connectivity index (χ1) is 7.70. The normalized spacial score (nSPS) is 19.6. The van der Waals surface area contributed by atoms with Gasteiger partial charge in [0.25, 0.3) is 0 Å². The van der Waals surface area contributed by atoms with E-state index in [2.05, 4.69) is 5.32 Å². The Morgan fingerprint density at radius 3 is 3.00 bits per heavy atom. The molecule has 0 aliphatic carbocycles. The van der Waals surface area contributed by atoms with Crippen LogP contribution in [0.2, 0.25) is 5.02 Å². The van der Waals surface area contributed by atoms with Gasteiger partial charge in [-0.15, -0.1) is 0 Å². The Balaban J connectivity index is 2.17. The Morgan fingerprint density at radius 2 is 2.38 bits per heavy atom. The van der Waals surface area contributed by atoms with Crippen molar-refractivity contribution < 1.29 is 9.53 Å². The predicted molar refractivity (Wildman–Crippen MR) is 62.9 cm³/mol. The summed E-state index contributed by atoms with van der Waals surface area (Å²) in [5, 5.41) is 3.62. The first-order valence-electron chi connectivity index (χ1n) is 5.31. The number of methoxy groups -OCH3 is 1. The molecular formula is C12H14ClNO2. The number of nitrogens with one attached hydrogen (secondary N) is 1. The molecule has 1 aliphatic heterocycles. The van der Waals surface area contributed by atoms with Crippen molar-refractivity contribution in [1.82, 2.24) is 5.32 Å². The number of hydrogen-bond acceptors (Lipinski definition) is 2. The van der Waals surface area contributed by atoms with Crippen LogP contribution in [0, 0.1) is 0 Å². The number of carbonyl (C=O) groups excluding carboxylic acids is 1. The van der Waals surface area contributed by atoms with Crippen LogP contribution in [-0.4, -0.2) is 19.1 Å². The van der Waals surface area contributed by atoms with Gasteiger partial charge in [-0.3, -0.25) is 4.79 Å². The number of ether oxygens (including phenoxy) is 1. The van der Waals surface area contributed by atoms with Crippen LogP contribution in [0.5, 0.6) is 5.75 Å². The van der Waals surface area contributed by atoms with Gasteiger partial charge in [0.1, 0.15) is 5.75 Å². The summed E-state index contributed by atoms with van der Waals surface area (Å²) >= 11 is 6.13. The summed E-state index contributed by atoms with van der Waals surface area (Å²) in [6.45, 7) is 0. The van der Waals surface area contributed by atoms with E-state index < -0.39 is 0 Å². The average Bonchev–Trinajstić information content (AvgIpc) is 2.67. The lowest BCUT2D eigenvalue weighted by Crippen LogP contribution is -2.27. The maximum absolute atomic E-state index is 11.1. The quantitative estimate of drug-likeness (QED) is 0.878. The molecule has 1 aliphatic rings. The molecule has 1 amide bonds. The Morgan fingerprint density at radius 1 is 1.56 bits per heavy atom. The van der Waals surface area contributed by atoms with Crippen molar-refractivity contribution in [1.29, 1.82) is 0 Å². The third-order valence-corrected chi connectivity index (χ3v) is 3.19. The van der Waals surface area contributed by atoms with Crippen LogP contribution in [0.4, 0.5) is 0 Å². The second-order valence-corrected chi connectivity index (χ2v) is 4.34. The zero-order chi connectivity index (χ0) is 11.5. The molecule has 0 aromatic heterocycles. The zero-order valence-corrected chi connectivity index (χ0v) is 9.88. The Kier molecular flexibility index (Phi) is 3.34. The monoisotopic (exact) mass is 239 g/mol. The van der Waals surface area contributed by atoms with Gasteiger partial charge in [-0.2, -0.15) is 0 Å². The minimum atomic E-state index is 0.121. The van der Waals surface area contributed by atoms with Crippen molar-refractivity contribution in [3.63, 3.8) is 0 Å². The number of amides is 1. The van der Waals surface area contributed by atoms with E-state index in [9.17, 15) is 4.79 Å². The maximum atomic E-state index is 11.1. The molecule has 1 atom stereocenters. The van der Waals surface area contributed by atoms with E-state index in [1.165, 1.54) is 0 Å². The van der Waals surface area contributed by atoms with E-state index in [-0.39, 0.29) is 11.9 Å². The minimum Gasteiger partial charge on any atom is -0.496 e. The highest BCUT2D eigenvalue weighted by Crippen LogP contribution is 2.28. The van der Waals surface area contributed by atoms with Gasteiger partial charge in [0.2, 0.25) is 5.91 Å². The van der Waals surface area contributed by atoms with Crippen LogP contribution >= 0.6 is 11.6 Å². The van der Waals surface area contributed by atoms with Gasteiger partial charge in [0.15, 0.2) is 0 Å². The number of halogens is 1. The number of rotatable bonds is 3. The largest absolute Gasteiger partial charge is 0.496 e. The summed E-state index contributed by atoms with van der Waals surface area (Å²) in [6.07, 6.45) is 2.21. The summed E-state index contributed by atoms with van der Waals surface area (Å²) < 4.78 is 5.27. The van der Waals surface area contributed by atoms with E-state index in [1.807, 2.05) is 18.2 Å². The molecule has 1 N–H and O–H groups in total. The van der Waals surface area contributed by atoms with Crippen LogP contribution in [0.25, 0.3) is 0 Å². The standard InChI is InChI=1S/C12H14ClNO2/c1-16-11-4-2-3-10(13)9(11)7-8-5-6-12(15)14-8/h2-4,8H,5-7H2,1H3,(H,14,15). The molecule has 1 saturated heterocycles. The SMILES string of the molecule is COc1cccc(Cl)c1CC1CCC(=O)N1. The van der Waals surface area contributed by atoms with E-state index in [4.69, 9.17) is 16.3 Å². The van der Waals surface area contributed by atoms with Gasteiger partial charge in [-0.25, -0.2) is 0 Å². The topological polar surface area (TPSA) is 38.3 Å². The predicted octanol–water partition coefficient (Wildman–Crippen LogP) is 2.17. The molecule has 16 heavy (non-hydrogen) atoms. The number of benzene rings is 1. The van der Waals surface area contributed by atoms with E-state index >= 15 is 0 Å². The van der Waals surface area contributed by atoms with Crippen molar-refractivity contribution in [2.24, 2.45) is 0 Å². The fraction of sp³-hybridized carbons (Fsp3) is 0.417. The molecule has 1 aromatic carbocycles.